The number of amides is 1. The van der Waals surface area contributed by atoms with Crippen molar-refractivity contribution in [1.82, 2.24) is 0 Å². The van der Waals surface area contributed by atoms with E-state index in [9.17, 15) is 9.90 Å². The lowest BCUT2D eigenvalue weighted by molar-refractivity contribution is -0.118. The summed E-state index contributed by atoms with van der Waals surface area (Å²) < 4.78 is 5.20. The van der Waals surface area contributed by atoms with E-state index in [0.29, 0.717) is 11.4 Å². The largest absolute Gasteiger partial charge is 0.495 e. The molecule has 1 atom stereocenters. The van der Waals surface area contributed by atoms with Crippen molar-refractivity contribution in [3.63, 3.8) is 0 Å². The second-order valence-electron chi connectivity index (χ2n) is 4.77. The van der Waals surface area contributed by atoms with Gasteiger partial charge in [0.25, 0.3) is 0 Å². The molecular formula is C14H21NO3. The Hall–Kier alpha value is -1.55. The number of nitrogens with one attached hydrogen (secondary N) is 1. The first kappa shape index (κ1) is 14.5. The first-order valence-corrected chi connectivity index (χ1v) is 6.06. The number of aryl methyl sites for hydroxylation is 1. The molecule has 4 heteroatoms. The molecule has 0 aliphatic carbocycles. The number of anilines is 1. The van der Waals surface area contributed by atoms with Crippen molar-refractivity contribution in [1.29, 1.82) is 0 Å². The van der Waals surface area contributed by atoms with Gasteiger partial charge in [-0.3, -0.25) is 4.79 Å². The van der Waals surface area contributed by atoms with Crippen molar-refractivity contribution in [2.24, 2.45) is 5.92 Å². The predicted octanol–water partition coefficient (Wildman–Crippen LogP) is 2.35. The maximum Gasteiger partial charge on any atom is 0.227 e. The number of hydrogen-bond acceptors (Lipinski definition) is 3. The van der Waals surface area contributed by atoms with Gasteiger partial charge in [-0.2, -0.15) is 0 Å². The van der Waals surface area contributed by atoms with E-state index in [0.717, 1.165) is 5.56 Å². The van der Waals surface area contributed by atoms with Crippen molar-refractivity contribution in [2.45, 2.75) is 33.3 Å². The Bertz CT molecular complexity index is 416. The fraction of sp³-hybridized carbons (Fsp3) is 0.500. The standard InChI is InChI=1S/C14H21NO3/c1-9(2)12(16)8-14(17)15-11-6-5-10(3)7-13(11)18-4/h5-7,9,12,16H,8H2,1-4H3,(H,15,17). The first-order chi connectivity index (χ1) is 8.43. The van der Waals surface area contributed by atoms with Crippen LogP contribution in [0.25, 0.3) is 0 Å². The summed E-state index contributed by atoms with van der Waals surface area (Å²) in [6.45, 7) is 5.71. The molecule has 100 valence electrons. The second-order valence-corrected chi connectivity index (χ2v) is 4.77. The molecule has 0 saturated carbocycles. The third-order valence-corrected chi connectivity index (χ3v) is 2.80. The van der Waals surface area contributed by atoms with Gasteiger partial charge in [0.05, 0.1) is 25.3 Å². The van der Waals surface area contributed by atoms with E-state index >= 15 is 0 Å². The highest BCUT2D eigenvalue weighted by atomic mass is 16.5. The first-order valence-electron chi connectivity index (χ1n) is 6.06. The molecule has 0 aliphatic rings. The van der Waals surface area contributed by atoms with Crippen molar-refractivity contribution in [3.05, 3.63) is 23.8 Å². The summed E-state index contributed by atoms with van der Waals surface area (Å²) in [6.07, 6.45) is -0.532. The van der Waals surface area contributed by atoms with Crippen molar-refractivity contribution in [2.75, 3.05) is 12.4 Å². The number of aliphatic hydroxyl groups is 1. The average molecular weight is 251 g/mol. The van der Waals surface area contributed by atoms with Crippen LogP contribution in [0, 0.1) is 12.8 Å². The molecule has 0 aliphatic heterocycles. The SMILES string of the molecule is COc1cc(C)ccc1NC(=O)CC(O)C(C)C. The molecule has 1 aromatic rings. The Morgan fingerprint density at radius 1 is 1.44 bits per heavy atom. The molecule has 1 unspecified atom stereocenters. The molecular weight excluding hydrogens is 230 g/mol. The Morgan fingerprint density at radius 3 is 2.67 bits per heavy atom. The molecule has 4 nitrogen and oxygen atoms in total. The van der Waals surface area contributed by atoms with Gasteiger partial charge in [0.1, 0.15) is 5.75 Å². The Balaban J connectivity index is 2.70. The number of hydrogen-bond donors (Lipinski definition) is 2. The lowest BCUT2D eigenvalue weighted by Crippen LogP contribution is -2.23. The number of methoxy groups -OCH3 is 1. The van der Waals surface area contributed by atoms with Crippen molar-refractivity contribution in [3.8, 4) is 5.75 Å². The number of carbonyl (C=O) groups excluding carboxylic acids is 1. The van der Waals surface area contributed by atoms with Crippen LogP contribution in [0.2, 0.25) is 0 Å². The molecule has 0 spiro atoms. The summed E-state index contributed by atoms with van der Waals surface area (Å²) >= 11 is 0. The van der Waals surface area contributed by atoms with Gasteiger partial charge < -0.3 is 15.2 Å². The van der Waals surface area contributed by atoms with Crippen LogP contribution < -0.4 is 10.1 Å². The van der Waals surface area contributed by atoms with E-state index in [1.54, 1.807) is 13.2 Å². The van der Waals surface area contributed by atoms with Gasteiger partial charge in [-0.05, 0) is 30.5 Å². The third-order valence-electron chi connectivity index (χ3n) is 2.80. The molecule has 1 rings (SSSR count). The van der Waals surface area contributed by atoms with E-state index in [-0.39, 0.29) is 18.2 Å². The highest BCUT2D eigenvalue weighted by molar-refractivity contribution is 5.92. The second kappa shape index (κ2) is 6.40. The van der Waals surface area contributed by atoms with Crippen LogP contribution in [-0.4, -0.2) is 24.2 Å². The monoisotopic (exact) mass is 251 g/mol. The zero-order valence-corrected chi connectivity index (χ0v) is 11.4. The molecule has 0 heterocycles. The molecule has 0 radical (unpaired) electrons. The normalized spacial score (nSPS) is 12.3. The van der Waals surface area contributed by atoms with Crippen molar-refractivity contribution >= 4 is 11.6 Å². The summed E-state index contributed by atoms with van der Waals surface area (Å²) in [5, 5.41) is 12.4. The third kappa shape index (κ3) is 4.04. The van der Waals surface area contributed by atoms with Crippen LogP contribution in [0.3, 0.4) is 0 Å². The molecule has 1 aromatic carbocycles. The molecule has 0 aromatic heterocycles. The van der Waals surface area contributed by atoms with Gasteiger partial charge in [-0.15, -0.1) is 0 Å². The van der Waals surface area contributed by atoms with Gasteiger partial charge in [-0.1, -0.05) is 19.9 Å². The Labute approximate surface area is 108 Å². The average Bonchev–Trinajstić information content (AvgIpc) is 2.31. The van der Waals surface area contributed by atoms with Gasteiger partial charge in [0.2, 0.25) is 5.91 Å². The van der Waals surface area contributed by atoms with Crippen LogP contribution >= 0.6 is 0 Å². The van der Waals surface area contributed by atoms with E-state index in [1.807, 2.05) is 32.9 Å². The van der Waals surface area contributed by atoms with E-state index in [4.69, 9.17) is 4.74 Å². The van der Waals surface area contributed by atoms with Crippen molar-refractivity contribution < 1.29 is 14.6 Å². The molecule has 0 fully saturated rings. The number of aliphatic hydroxyl groups excluding tert-OH is 1. The maximum absolute atomic E-state index is 11.8. The van der Waals surface area contributed by atoms with Crippen LogP contribution in [-0.2, 0) is 4.79 Å². The maximum atomic E-state index is 11.8. The summed E-state index contributed by atoms with van der Waals surface area (Å²) in [5.41, 5.74) is 1.69. The summed E-state index contributed by atoms with van der Waals surface area (Å²) in [7, 11) is 1.56. The molecule has 2 N–H and O–H groups in total. The highest BCUT2D eigenvalue weighted by Gasteiger charge is 2.15. The quantitative estimate of drug-likeness (QED) is 0.844. The van der Waals surface area contributed by atoms with Gasteiger partial charge >= 0.3 is 0 Å². The predicted molar refractivity (Wildman–Crippen MR) is 71.8 cm³/mol. The highest BCUT2D eigenvalue weighted by Crippen LogP contribution is 2.25. The lowest BCUT2D eigenvalue weighted by Gasteiger charge is -2.15. The zero-order valence-electron chi connectivity index (χ0n) is 11.4. The minimum Gasteiger partial charge on any atom is -0.495 e. The number of benzene rings is 1. The minimum atomic E-state index is -0.624. The van der Waals surface area contributed by atoms with E-state index in [2.05, 4.69) is 5.32 Å². The van der Waals surface area contributed by atoms with Crippen LogP contribution in [0.5, 0.6) is 5.75 Å². The Morgan fingerprint density at radius 2 is 2.11 bits per heavy atom. The summed E-state index contributed by atoms with van der Waals surface area (Å²) in [6, 6.07) is 5.55. The Kier molecular flexibility index (Phi) is 5.16. The summed E-state index contributed by atoms with van der Waals surface area (Å²) in [4.78, 5) is 11.8. The lowest BCUT2D eigenvalue weighted by atomic mass is 10.0. The molecule has 1 amide bonds. The van der Waals surface area contributed by atoms with Crippen LogP contribution in [0.1, 0.15) is 25.8 Å². The van der Waals surface area contributed by atoms with Crippen LogP contribution in [0.15, 0.2) is 18.2 Å². The summed E-state index contributed by atoms with van der Waals surface area (Å²) in [5.74, 6) is 0.483. The fourth-order valence-electron chi connectivity index (χ4n) is 1.53. The number of rotatable bonds is 5. The smallest absolute Gasteiger partial charge is 0.227 e. The van der Waals surface area contributed by atoms with E-state index in [1.165, 1.54) is 0 Å². The van der Waals surface area contributed by atoms with Gasteiger partial charge in [0.15, 0.2) is 0 Å². The van der Waals surface area contributed by atoms with Gasteiger partial charge in [0, 0.05) is 0 Å². The number of carbonyl (C=O) groups is 1. The molecule has 18 heavy (non-hydrogen) atoms. The molecule has 0 bridgehead atoms. The van der Waals surface area contributed by atoms with Gasteiger partial charge in [-0.25, -0.2) is 0 Å². The number of ether oxygens (including phenoxy) is 1. The zero-order chi connectivity index (χ0) is 13.7. The topological polar surface area (TPSA) is 58.6 Å². The van der Waals surface area contributed by atoms with E-state index < -0.39 is 6.10 Å². The minimum absolute atomic E-state index is 0.0654. The molecule has 0 saturated heterocycles. The fourth-order valence-corrected chi connectivity index (χ4v) is 1.53. The van der Waals surface area contributed by atoms with Crippen LogP contribution in [0.4, 0.5) is 5.69 Å².